The molecule has 0 atom stereocenters. The molecular weight excluding hydrogens is 226 g/mol. The number of pyridine rings is 1. The molecule has 0 spiro atoms. The van der Waals surface area contributed by atoms with Gasteiger partial charge in [0.05, 0.1) is 11.9 Å². The smallest absolute Gasteiger partial charge is 0.303 e. The Morgan fingerprint density at radius 2 is 1.83 bits per heavy atom. The number of aliphatic carboxylic acids is 1. The minimum absolute atomic E-state index is 0.128. The predicted octanol–water partition coefficient (Wildman–Crippen LogP) is 3.18. The molecule has 1 N–H and O–H groups in total. The Morgan fingerprint density at radius 3 is 2.50 bits per heavy atom. The maximum Gasteiger partial charge on any atom is 0.303 e. The van der Waals surface area contributed by atoms with Crippen LogP contribution in [0.25, 0.3) is 10.9 Å². The molecule has 0 unspecified atom stereocenters. The van der Waals surface area contributed by atoms with Crippen molar-refractivity contribution >= 4 is 16.9 Å². The van der Waals surface area contributed by atoms with E-state index in [4.69, 9.17) is 5.11 Å². The molecule has 1 heterocycles. The highest BCUT2D eigenvalue weighted by Crippen LogP contribution is 2.24. The van der Waals surface area contributed by atoms with Crippen LogP contribution in [0.5, 0.6) is 0 Å². The Morgan fingerprint density at radius 1 is 1.17 bits per heavy atom. The largest absolute Gasteiger partial charge is 0.481 e. The molecule has 3 heteroatoms. The monoisotopic (exact) mass is 243 g/mol. The zero-order chi connectivity index (χ0) is 13.3. The number of rotatable bonds is 3. The lowest BCUT2D eigenvalue weighted by Gasteiger charge is -2.10. The average Bonchev–Trinajstić information content (AvgIpc) is 2.31. The molecule has 2 rings (SSSR count). The SMILES string of the molecule is Cc1ccc(C)c2c(C)cc(CCC(=O)O)nc12. The second-order valence-electron chi connectivity index (χ2n) is 4.75. The van der Waals surface area contributed by atoms with Crippen molar-refractivity contribution in [3.8, 4) is 0 Å². The van der Waals surface area contributed by atoms with Crippen molar-refractivity contribution in [2.24, 2.45) is 0 Å². The normalized spacial score (nSPS) is 10.8. The van der Waals surface area contributed by atoms with Gasteiger partial charge in [0.25, 0.3) is 0 Å². The number of carboxylic acid groups (broad SMARTS) is 1. The van der Waals surface area contributed by atoms with Gasteiger partial charge < -0.3 is 5.11 Å². The number of benzene rings is 1. The van der Waals surface area contributed by atoms with E-state index in [1.165, 1.54) is 16.5 Å². The fraction of sp³-hybridized carbons (Fsp3) is 0.333. The van der Waals surface area contributed by atoms with Crippen molar-refractivity contribution in [1.82, 2.24) is 4.98 Å². The molecule has 3 nitrogen and oxygen atoms in total. The molecule has 2 aromatic rings. The molecule has 0 saturated carbocycles. The third-order valence-corrected chi connectivity index (χ3v) is 3.22. The van der Waals surface area contributed by atoms with E-state index in [0.29, 0.717) is 6.42 Å². The van der Waals surface area contributed by atoms with E-state index in [0.717, 1.165) is 16.8 Å². The van der Waals surface area contributed by atoms with Gasteiger partial charge in [0.1, 0.15) is 0 Å². The molecule has 0 aliphatic heterocycles. The summed E-state index contributed by atoms with van der Waals surface area (Å²) in [7, 11) is 0. The lowest BCUT2D eigenvalue weighted by Crippen LogP contribution is -2.01. The summed E-state index contributed by atoms with van der Waals surface area (Å²) in [6.07, 6.45) is 0.613. The number of aromatic nitrogens is 1. The molecule has 0 fully saturated rings. The van der Waals surface area contributed by atoms with Gasteiger partial charge in [-0.15, -0.1) is 0 Å². The Kier molecular flexibility index (Phi) is 3.32. The molecule has 94 valence electrons. The van der Waals surface area contributed by atoms with Crippen molar-refractivity contribution < 1.29 is 9.90 Å². The second-order valence-corrected chi connectivity index (χ2v) is 4.75. The Bertz CT molecular complexity index is 617. The van der Waals surface area contributed by atoms with E-state index in [2.05, 4.69) is 31.0 Å². The van der Waals surface area contributed by atoms with E-state index >= 15 is 0 Å². The van der Waals surface area contributed by atoms with E-state index < -0.39 is 5.97 Å². The van der Waals surface area contributed by atoms with Crippen LogP contribution in [0.3, 0.4) is 0 Å². The number of fused-ring (bicyclic) bond motifs is 1. The summed E-state index contributed by atoms with van der Waals surface area (Å²) in [5.41, 5.74) is 5.37. The van der Waals surface area contributed by atoms with E-state index in [1.54, 1.807) is 0 Å². The maximum atomic E-state index is 10.6. The van der Waals surface area contributed by atoms with Crippen LogP contribution in [0.4, 0.5) is 0 Å². The van der Waals surface area contributed by atoms with Gasteiger partial charge in [-0.3, -0.25) is 9.78 Å². The van der Waals surface area contributed by atoms with Gasteiger partial charge >= 0.3 is 5.97 Å². The highest BCUT2D eigenvalue weighted by molar-refractivity contribution is 5.88. The van der Waals surface area contributed by atoms with Gasteiger partial charge in [-0.1, -0.05) is 12.1 Å². The zero-order valence-corrected chi connectivity index (χ0v) is 10.9. The summed E-state index contributed by atoms with van der Waals surface area (Å²) in [4.78, 5) is 15.2. The molecule has 1 aromatic heterocycles. The summed E-state index contributed by atoms with van der Waals surface area (Å²) in [6, 6.07) is 6.16. The van der Waals surface area contributed by atoms with Crippen molar-refractivity contribution in [3.05, 3.63) is 40.6 Å². The summed E-state index contributed by atoms with van der Waals surface area (Å²) >= 11 is 0. The Hall–Kier alpha value is -1.90. The number of hydrogen-bond acceptors (Lipinski definition) is 2. The maximum absolute atomic E-state index is 10.6. The van der Waals surface area contributed by atoms with Gasteiger partial charge in [-0.2, -0.15) is 0 Å². The first kappa shape index (κ1) is 12.6. The number of aryl methyl sites for hydroxylation is 4. The van der Waals surface area contributed by atoms with Crippen LogP contribution in [0.2, 0.25) is 0 Å². The standard InChI is InChI=1S/C15H17NO2/c1-9-4-5-10(2)15-14(9)11(3)8-12(16-15)6-7-13(17)18/h4-5,8H,6-7H2,1-3H3,(H,17,18). The molecule has 0 aliphatic rings. The molecule has 0 amide bonds. The molecule has 0 saturated heterocycles. The van der Waals surface area contributed by atoms with Gasteiger partial charge in [0.2, 0.25) is 0 Å². The number of nitrogens with zero attached hydrogens (tertiary/aromatic N) is 1. The van der Waals surface area contributed by atoms with Crippen LogP contribution in [0, 0.1) is 20.8 Å². The van der Waals surface area contributed by atoms with Crippen molar-refractivity contribution in [2.45, 2.75) is 33.6 Å². The first-order chi connectivity index (χ1) is 8.49. The fourth-order valence-corrected chi connectivity index (χ4v) is 2.30. The van der Waals surface area contributed by atoms with Crippen LogP contribution in [-0.4, -0.2) is 16.1 Å². The van der Waals surface area contributed by atoms with Gasteiger partial charge in [0, 0.05) is 17.5 Å². The van der Waals surface area contributed by atoms with Crippen LogP contribution in [0.1, 0.15) is 28.8 Å². The van der Waals surface area contributed by atoms with Crippen molar-refractivity contribution in [3.63, 3.8) is 0 Å². The van der Waals surface area contributed by atoms with Crippen LogP contribution >= 0.6 is 0 Å². The summed E-state index contributed by atoms with van der Waals surface area (Å²) in [5.74, 6) is -0.782. The molecule has 0 aliphatic carbocycles. The molecule has 1 aromatic carbocycles. The topological polar surface area (TPSA) is 50.2 Å². The Labute approximate surface area is 106 Å². The lowest BCUT2D eigenvalue weighted by atomic mass is 10.00. The van der Waals surface area contributed by atoms with Crippen LogP contribution in [-0.2, 0) is 11.2 Å². The van der Waals surface area contributed by atoms with Crippen LogP contribution < -0.4 is 0 Å². The second kappa shape index (κ2) is 4.77. The van der Waals surface area contributed by atoms with Crippen LogP contribution in [0.15, 0.2) is 18.2 Å². The van der Waals surface area contributed by atoms with Crippen molar-refractivity contribution in [2.75, 3.05) is 0 Å². The van der Waals surface area contributed by atoms with Gasteiger partial charge in [-0.05, 0) is 43.5 Å². The van der Waals surface area contributed by atoms with E-state index in [-0.39, 0.29) is 6.42 Å². The molecule has 0 bridgehead atoms. The van der Waals surface area contributed by atoms with Gasteiger partial charge in [0.15, 0.2) is 0 Å². The predicted molar refractivity (Wildman–Crippen MR) is 71.9 cm³/mol. The number of carbonyl (C=O) groups is 1. The average molecular weight is 243 g/mol. The summed E-state index contributed by atoms with van der Waals surface area (Å²) < 4.78 is 0. The minimum Gasteiger partial charge on any atom is -0.481 e. The minimum atomic E-state index is -0.782. The van der Waals surface area contributed by atoms with Gasteiger partial charge in [-0.25, -0.2) is 0 Å². The highest BCUT2D eigenvalue weighted by atomic mass is 16.4. The fourth-order valence-electron chi connectivity index (χ4n) is 2.30. The molecule has 18 heavy (non-hydrogen) atoms. The molecular formula is C15H17NO2. The quantitative estimate of drug-likeness (QED) is 0.900. The summed E-state index contributed by atoms with van der Waals surface area (Å²) in [5, 5.41) is 9.92. The summed E-state index contributed by atoms with van der Waals surface area (Å²) in [6.45, 7) is 6.17. The number of carboxylic acids is 1. The first-order valence-corrected chi connectivity index (χ1v) is 6.07. The van der Waals surface area contributed by atoms with Crippen molar-refractivity contribution in [1.29, 1.82) is 0 Å². The first-order valence-electron chi connectivity index (χ1n) is 6.07. The lowest BCUT2D eigenvalue weighted by molar-refractivity contribution is -0.136. The molecule has 0 radical (unpaired) electrons. The Balaban J connectivity index is 2.54. The zero-order valence-electron chi connectivity index (χ0n) is 10.9. The number of hydrogen-bond donors (Lipinski definition) is 1. The highest BCUT2D eigenvalue weighted by Gasteiger charge is 2.08. The third kappa shape index (κ3) is 2.35. The van der Waals surface area contributed by atoms with E-state index in [1.807, 2.05) is 13.0 Å². The van der Waals surface area contributed by atoms with E-state index in [9.17, 15) is 4.79 Å². The third-order valence-electron chi connectivity index (χ3n) is 3.22.